The molecule has 0 saturated heterocycles. The molecule has 1 amide bonds. The van der Waals surface area contributed by atoms with Crippen molar-refractivity contribution in [1.82, 2.24) is 14.2 Å². The highest BCUT2D eigenvalue weighted by Crippen LogP contribution is 2.40. The number of fused-ring (bicyclic) bond motifs is 1. The van der Waals surface area contributed by atoms with Crippen LogP contribution in [0.4, 0.5) is 5.00 Å². The zero-order valence-electron chi connectivity index (χ0n) is 17.0. The number of benzene rings is 1. The molecule has 4 rings (SSSR count). The van der Waals surface area contributed by atoms with E-state index >= 15 is 0 Å². The lowest BCUT2D eigenvalue weighted by Crippen LogP contribution is -2.28. The van der Waals surface area contributed by atoms with E-state index in [4.69, 9.17) is 4.74 Å². The standard InChI is InChI=1S/C22H20N4O4S/c1-3-30-21(28)18-14(2)19(15-9-5-4-6-10-15)31-20(18)23-17(27)13-26-22(29)25-12-8-7-11-16(25)24-26/h4-12H,3,13H2,1-2H3,(H,23,27). The van der Waals surface area contributed by atoms with Crippen molar-refractivity contribution in [2.75, 3.05) is 11.9 Å². The van der Waals surface area contributed by atoms with E-state index in [-0.39, 0.29) is 13.2 Å². The van der Waals surface area contributed by atoms with Crippen molar-refractivity contribution in [2.45, 2.75) is 20.4 Å². The molecule has 0 radical (unpaired) electrons. The molecule has 3 heterocycles. The van der Waals surface area contributed by atoms with Gasteiger partial charge in [0.05, 0.1) is 12.2 Å². The molecule has 0 aliphatic rings. The number of carbonyl (C=O) groups is 2. The van der Waals surface area contributed by atoms with Gasteiger partial charge >= 0.3 is 11.7 Å². The fourth-order valence-electron chi connectivity index (χ4n) is 3.29. The molecule has 0 spiro atoms. The average Bonchev–Trinajstić information content (AvgIpc) is 3.25. The van der Waals surface area contributed by atoms with Crippen LogP contribution in [-0.2, 0) is 16.1 Å². The summed E-state index contributed by atoms with van der Waals surface area (Å²) in [6.45, 7) is 3.50. The number of anilines is 1. The van der Waals surface area contributed by atoms with E-state index in [0.29, 0.717) is 16.2 Å². The third kappa shape index (κ3) is 3.99. The largest absolute Gasteiger partial charge is 0.462 e. The van der Waals surface area contributed by atoms with Gasteiger partial charge in [-0.05, 0) is 37.1 Å². The fourth-order valence-corrected chi connectivity index (χ4v) is 4.51. The highest BCUT2D eigenvalue weighted by Gasteiger charge is 2.24. The minimum absolute atomic E-state index is 0.221. The van der Waals surface area contributed by atoms with Gasteiger partial charge in [-0.1, -0.05) is 36.4 Å². The van der Waals surface area contributed by atoms with Crippen LogP contribution in [0.2, 0.25) is 0 Å². The highest BCUT2D eigenvalue weighted by atomic mass is 32.1. The summed E-state index contributed by atoms with van der Waals surface area (Å²) in [6, 6.07) is 14.8. The zero-order chi connectivity index (χ0) is 22.0. The molecule has 0 saturated carbocycles. The summed E-state index contributed by atoms with van der Waals surface area (Å²) in [5.74, 6) is -0.962. The Morgan fingerprint density at radius 1 is 1.13 bits per heavy atom. The molecule has 0 atom stereocenters. The van der Waals surface area contributed by atoms with Crippen LogP contribution in [0.15, 0.2) is 59.5 Å². The van der Waals surface area contributed by atoms with Gasteiger partial charge in [0.1, 0.15) is 11.5 Å². The van der Waals surface area contributed by atoms with E-state index in [9.17, 15) is 14.4 Å². The summed E-state index contributed by atoms with van der Waals surface area (Å²) >= 11 is 1.30. The number of hydrogen-bond donors (Lipinski definition) is 1. The van der Waals surface area contributed by atoms with Crippen molar-refractivity contribution in [3.63, 3.8) is 0 Å². The number of amides is 1. The number of rotatable bonds is 6. The van der Waals surface area contributed by atoms with E-state index < -0.39 is 17.6 Å². The zero-order valence-corrected chi connectivity index (χ0v) is 17.8. The molecule has 4 aromatic rings. The van der Waals surface area contributed by atoms with Crippen LogP contribution in [-0.4, -0.2) is 32.7 Å². The molecule has 1 aromatic carbocycles. The minimum Gasteiger partial charge on any atom is -0.462 e. The molecule has 0 fully saturated rings. The van der Waals surface area contributed by atoms with Gasteiger partial charge in [0.15, 0.2) is 5.65 Å². The molecule has 1 N–H and O–H groups in total. The second-order valence-electron chi connectivity index (χ2n) is 6.76. The van der Waals surface area contributed by atoms with E-state index in [1.165, 1.54) is 15.7 Å². The minimum atomic E-state index is -0.501. The third-order valence-corrected chi connectivity index (χ3v) is 5.95. The van der Waals surface area contributed by atoms with Gasteiger partial charge in [-0.2, -0.15) is 0 Å². The Labute approximate surface area is 181 Å². The number of carbonyl (C=O) groups excluding carboxylic acids is 2. The van der Waals surface area contributed by atoms with Crippen LogP contribution >= 0.6 is 11.3 Å². The number of thiophene rings is 1. The summed E-state index contributed by atoms with van der Waals surface area (Å²) in [5, 5.41) is 7.33. The van der Waals surface area contributed by atoms with Crippen molar-refractivity contribution in [3.8, 4) is 10.4 Å². The van der Waals surface area contributed by atoms with Gasteiger partial charge in [-0.15, -0.1) is 16.4 Å². The summed E-state index contributed by atoms with van der Waals surface area (Å²) in [6.07, 6.45) is 1.59. The van der Waals surface area contributed by atoms with Gasteiger partial charge < -0.3 is 10.1 Å². The average molecular weight is 436 g/mol. The molecular formula is C22H20N4O4S. The van der Waals surface area contributed by atoms with Gasteiger partial charge in [-0.25, -0.2) is 14.3 Å². The summed E-state index contributed by atoms with van der Waals surface area (Å²) < 4.78 is 7.65. The molecule has 158 valence electrons. The van der Waals surface area contributed by atoms with Crippen LogP contribution < -0.4 is 11.0 Å². The second-order valence-corrected chi connectivity index (χ2v) is 7.78. The van der Waals surface area contributed by atoms with E-state index in [1.807, 2.05) is 37.3 Å². The maximum atomic E-state index is 12.7. The second kappa shape index (κ2) is 8.57. The number of aromatic nitrogens is 3. The smallest absolute Gasteiger partial charge is 0.350 e. The Kier molecular flexibility index (Phi) is 5.68. The predicted molar refractivity (Wildman–Crippen MR) is 119 cm³/mol. The Balaban J connectivity index is 1.66. The lowest BCUT2D eigenvalue weighted by molar-refractivity contribution is -0.116. The SMILES string of the molecule is CCOC(=O)c1c(NC(=O)Cn2nc3ccccn3c2=O)sc(-c2ccccc2)c1C. The van der Waals surface area contributed by atoms with Crippen LogP contribution in [0.1, 0.15) is 22.8 Å². The monoisotopic (exact) mass is 436 g/mol. The Hall–Kier alpha value is -3.72. The molecule has 0 aliphatic carbocycles. The van der Waals surface area contributed by atoms with E-state index in [2.05, 4.69) is 10.4 Å². The maximum Gasteiger partial charge on any atom is 0.350 e. The number of nitrogens with one attached hydrogen (secondary N) is 1. The predicted octanol–water partition coefficient (Wildman–Crippen LogP) is 3.35. The van der Waals surface area contributed by atoms with E-state index in [0.717, 1.165) is 20.7 Å². The first-order valence-corrected chi connectivity index (χ1v) is 10.5. The highest BCUT2D eigenvalue weighted by molar-refractivity contribution is 7.20. The fraction of sp³-hybridized carbons (Fsp3) is 0.182. The summed E-state index contributed by atoms with van der Waals surface area (Å²) in [5.41, 5.74) is 2.03. The number of ether oxygens (including phenoxy) is 1. The first kappa shape index (κ1) is 20.5. The normalized spacial score (nSPS) is 10.9. The third-order valence-electron chi connectivity index (χ3n) is 4.70. The first-order valence-electron chi connectivity index (χ1n) is 9.69. The van der Waals surface area contributed by atoms with Gasteiger partial charge in [0.25, 0.3) is 0 Å². The topological polar surface area (TPSA) is 94.7 Å². The van der Waals surface area contributed by atoms with Crippen LogP contribution in [0.5, 0.6) is 0 Å². The van der Waals surface area contributed by atoms with Crippen LogP contribution in [0.25, 0.3) is 16.1 Å². The number of hydrogen-bond acceptors (Lipinski definition) is 6. The van der Waals surface area contributed by atoms with Gasteiger partial charge in [0, 0.05) is 11.1 Å². The number of esters is 1. The molecule has 3 aromatic heterocycles. The van der Waals surface area contributed by atoms with Crippen LogP contribution in [0, 0.1) is 6.92 Å². The summed E-state index contributed by atoms with van der Waals surface area (Å²) in [4.78, 5) is 38.6. The first-order chi connectivity index (χ1) is 15.0. The number of pyridine rings is 1. The lowest BCUT2D eigenvalue weighted by Gasteiger charge is -2.07. The van der Waals surface area contributed by atoms with Crippen molar-refractivity contribution in [2.24, 2.45) is 0 Å². The quantitative estimate of drug-likeness (QED) is 0.468. The van der Waals surface area contributed by atoms with Crippen molar-refractivity contribution >= 4 is 33.9 Å². The van der Waals surface area contributed by atoms with Gasteiger partial charge in [-0.3, -0.25) is 9.20 Å². The summed E-state index contributed by atoms with van der Waals surface area (Å²) in [7, 11) is 0. The molecule has 31 heavy (non-hydrogen) atoms. The maximum absolute atomic E-state index is 12.7. The lowest BCUT2D eigenvalue weighted by atomic mass is 10.1. The van der Waals surface area contributed by atoms with Crippen molar-refractivity contribution < 1.29 is 14.3 Å². The molecular weight excluding hydrogens is 416 g/mol. The Morgan fingerprint density at radius 2 is 1.87 bits per heavy atom. The van der Waals surface area contributed by atoms with Crippen molar-refractivity contribution in [3.05, 3.63) is 76.3 Å². The molecule has 0 aliphatic heterocycles. The molecule has 9 heteroatoms. The van der Waals surface area contributed by atoms with Crippen molar-refractivity contribution in [1.29, 1.82) is 0 Å². The Bertz CT molecular complexity index is 1320. The Morgan fingerprint density at radius 3 is 2.58 bits per heavy atom. The number of nitrogens with zero attached hydrogens (tertiary/aromatic N) is 3. The van der Waals surface area contributed by atoms with Gasteiger partial charge in [0.2, 0.25) is 5.91 Å². The van der Waals surface area contributed by atoms with Crippen LogP contribution in [0.3, 0.4) is 0 Å². The molecule has 8 nitrogen and oxygen atoms in total. The molecule has 0 bridgehead atoms. The van der Waals surface area contributed by atoms with E-state index in [1.54, 1.807) is 31.3 Å². The molecule has 0 unspecified atom stereocenters.